The Balaban J connectivity index is 1.49. The van der Waals surface area contributed by atoms with Crippen molar-refractivity contribution >= 4 is 16.7 Å². The molecule has 1 saturated heterocycles. The van der Waals surface area contributed by atoms with Crippen LogP contribution in [0, 0.1) is 19.8 Å². The molecular formula is C15H20N4OS. The molecule has 0 aliphatic carbocycles. The SMILES string of the molecule is Cc1nsc(N2CCC(COc3ccncc3C)CC2)n1. The van der Waals surface area contributed by atoms with Crippen molar-refractivity contribution in [3.05, 3.63) is 29.8 Å². The highest BCUT2D eigenvalue weighted by Gasteiger charge is 2.22. The predicted molar refractivity (Wildman–Crippen MR) is 84.1 cm³/mol. The van der Waals surface area contributed by atoms with Gasteiger partial charge in [-0.1, -0.05) is 0 Å². The van der Waals surface area contributed by atoms with Crippen LogP contribution in [0.5, 0.6) is 5.75 Å². The van der Waals surface area contributed by atoms with E-state index in [9.17, 15) is 0 Å². The smallest absolute Gasteiger partial charge is 0.205 e. The lowest BCUT2D eigenvalue weighted by Gasteiger charge is -2.31. The summed E-state index contributed by atoms with van der Waals surface area (Å²) >= 11 is 1.50. The zero-order valence-corrected chi connectivity index (χ0v) is 13.3. The number of hydrogen-bond donors (Lipinski definition) is 0. The minimum Gasteiger partial charge on any atom is -0.493 e. The van der Waals surface area contributed by atoms with Gasteiger partial charge in [0.2, 0.25) is 5.13 Å². The van der Waals surface area contributed by atoms with E-state index in [1.165, 1.54) is 11.5 Å². The first-order valence-corrected chi connectivity index (χ1v) is 8.08. The van der Waals surface area contributed by atoms with Crippen LogP contribution in [0.4, 0.5) is 5.13 Å². The van der Waals surface area contributed by atoms with Gasteiger partial charge in [-0.2, -0.15) is 4.37 Å². The molecule has 0 saturated carbocycles. The van der Waals surface area contributed by atoms with Crippen LogP contribution in [-0.2, 0) is 0 Å². The zero-order valence-electron chi connectivity index (χ0n) is 12.5. The summed E-state index contributed by atoms with van der Waals surface area (Å²) in [6.07, 6.45) is 5.91. The maximum absolute atomic E-state index is 5.94. The summed E-state index contributed by atoms with van der Waals surface area (Å²) in [4.78, 5) is 10.9. The minimum absolute atomic E-state index is 0.614. The molecule has 1 fully saturated rings. The summed E-state index contributed by atoms with van der Waals surface area (Å²) in [7, 11) is 0. The summed E-state index contributed by atoms with van der Waals surface area (Å²) in [5.41, 5.74) is 1.10. The molecule has 6 heteroatoms. The third-order valence-electron chi connectivity index (χ3n) is 3.85. The number of pyridine rings is 1. The minimum atomic E-state index is 0.614. The van der Waals surface area contributed by atoms with E-state index in [1.807, 2.05) is 26.1 Å². The summed E-state index contributed by atoms with van der Waals surface area (Å²) in [6, 6.07) is 1.94. The fraction of sp³-hybridized carbons (Fsp3) is 0.533. The first-order chi connectivity index (χ1) is 10.2. The van der Waals surface area contributed by atoms with Crippen molar-refractivity contribution in [3.8, 4) is 5.75 Å². The standard InChI is InChI=1S/C15H20N4OS/c1-11-9-16-6-3-14(11)20-10-13-4-7-19(8-5-13)15-17-12(2)18-21-15/h3,6,9,13H,4-5,7-8,10H2,1-2H3. The molecule has 3 heterocycles. The van der Waals surface area contributed by atoms with Crippen LogP contribution in [0.25, 0.3) is 0 Å². The molecule has 21 heavy (non-hydrogen) atoms. The fourth-order valence-corrected chi connectivity index (χ4v) is 3.26. The van der Waals surface area contributed by atoms with Crippen LogP contribution in [0.1, 0.15) is 24.2 Å². The lowest BCUT2D eigenvalue weighted by atomic mass is 9.98. The number of aromatic nitrogens is 3. The molecule has 0 unspecified atom stereocenters. The van der Waals surface area contributed by atoms with E-state index in [-0.39, 0.29) is 0 Å². The number of ether oxygens (including phenoxy) is 1. The van der Waals surface area contributed by atoms with E-state index < -0.39 is 0 Å². The van der Waals surface area contributed by atoms with Crippen molar-refractivity contribution in [3.63, 3.8) is 0 Å². The van der Waals surface area contributed by atoms with Crippen molar-refractivity contribution < 1.29 is 4.74 Å². The van der Waals surface area contributed by atoms with Crippen LogP contribution < -0.4 is 9.64 Å². The maximum Gasteiger partial charge on any atom is 0.205 e. The second-order valence-electron chi connectivity index (χ2n) is 5.51. The molecule has 5 nitrogen and oxygen atoms in total. The van der Waals surface area contributed by atoms with Gasteiger partial charge in [0.1, 0.15) is 11.6 Å². The van der Waals surface area contributed by atoms with Gasteiger partial charge in [0.05, 0.1) is 6.61 Å². The summed E-state index contributed by atoms with van der Waals surface area (Å²) in [6.45, 7) is 6.84. The van der Waals surface area contributed by atoms with Gasteiger partial charge < -0.3 is 9.64 Å². The topological polar surface area (TPSA) is 51.1 Å². The second-order valence-corrected chi connectivity index (χ2v) is 6.24. The van der Waals surface area contributed by atoms with Crippen molar-refractivity contribution in [1.29, 1.82) is 0 Å². The number of piperidine rings is 1. The Morgan fingerprint density at radius 3 is 2.81 bits per heavy atom. The Labute approximate surface area is 129 Å². The third kappa shape index (κ3) is 3.50. The molecule has 1 aliphatic rings. The van der Waals surface area contributed by atoms with Crippen molar-refractivity contribution in [1.82, 2.24) is 14.3 Å². The number of nitrogens with zero attached hydrogens (tertiary/aromatic N) is 4. The molecule has 3 rings (SSSR count). The first-order valence-electron chi connectivity index (χ1n) is 7.31. The Morgan fingerprint density at radius 2 is 2.14 bits per heavy atom. The van der Waals surface area contributed by atoms with Crippen molar-refractivity contribution in [2.24, 2.45) is 5.92 Å². The monoisotopic (exact) mass is 304 g/mol. The number of aryl methyl sites for hydroxylation is 2. The van der Waals surface area contributed by atoms with Crippen LogP contribution in [0.2, 0.25) is 0 Å². The molecule has 0 aromatic carbocycles. The Bertz CT molecular complexity index is 593. The molecule has 0 radical (unpaired) electrons. The zero-order chi connectivity index (χ0) is 14.7. The van der Waals surface area contributed by atoms with E-state index in [2.05, 4.69) is 19.2 Å². The predicted octanol–water partition coefficient (Wildman–Crippen LogP) is 2.85. The van der Waals surface area contributed by atoms with Crippen LogP contribution in [-0.4, -0.2) is 34.0 Å². The Kier molecular flexibility index (Phi) is 4.34. The van der Waals surface area contributed by atoms with Crippen LogP contribution in [0.3, 0.4) is 0 Å². The molecule has 0 spiro atoms. The van der Waals surface area contributed by atoms with E-state index in [0.717, 1.165) is 54.8 Å². The molecule has 1 aliphatic heterocycles. The summed E-state index contributed by atoms with van der Waals surface area (Å²) in [5.74, 6) is 2.43. The van der Waals surface area contributed by atoms with Gasteiger partial charge in [-0.05, 0) is 38.7 Å². The summed E-state index contributed by atoms with van der Waals surface area (Å²) in [5, 5.41) is 1.05. The molecule has 0 N–H and O–H groups in total. The average molecular weight is 304 g/mol. The molecule has 2 aromatic rings. The highest BCUT2D eigenvalue weighted by molar-refractivity contribution is 7.09. The lowest BCUT2D eigenvalue weighted by molar-refractivity contribution is 0.221. The Morgan fingerprint density at radius 1 is 1.33 bits per heavy atom. The first kappa shape index (κ1) is 14.3. The molecule has 0 bridgehead atoms. The second kappa shape index (κ2) is 6.39. The number of hydrogen-bond acceptors (Lipinski definition) is 6. The number of anilines is 1. The molecule has 0 atom stereocenters. The van der Waals surface area contributed by atoms with Crippen LogP contribution >= 0.6 is 11.5 Å². The van der Waals surface area contributed by atoms with Crippen LogP contribution in [0.15, 0.2) is 18.5 Å². The normalized spacial score (nSPS) is 16.2. The maximum atomic E-state index is 5.94. The van der Waals surface area contributed by atoms with Gasteiger partial charge in [-0.15, -0.1) is 0 Å². The molecular weight excluding hydrogens is 284 g/mol. The fourth-order valence-electron chi connectivity index (χ4n) is 2.54. The number of rotatable bonds is 4. The quantitative estimate of drug-likeness (QED) is 0.869. The van der Waals surface area contributed by atoms with Gasteiger partial charge >= 0.3 is 0 Å². The molecule has 0 amide bonds. The average Bonchev–Trinajstić information content (AvgIpc) is 2.94. The lowest BCUT2D eigenvalue weighted by Crippen LogP contribution is -2.35. The van der Waals surface area contributed by atoms with Crippen molar-refractivity contribution in [2.75, 3.05) is 24.6 Å². The van der Waals surface area contributed by atoms with E-state index in [4.69, 9.17) is 4.74 Å². The molecule has 112 valence electrons. The Hall–Kier alpha value is -1.69. The van der Waals surface area contributed by atoms with E-state index in [0.29, 0.717) is 5.92 Å². The third-order valence-corrected chi connectivity index (χ3v) is 4.71. The van der Waals surface area contributed by atoms with E-state index >= 15 is 0 Å². The van der Waals surface area contributed by atoms with Crippen molar-refractivity contribution in [2.45, 2.75) is 26.7 Å². The summed E-state index contributed by atoms with van der Waals surface area (Å²) < 4.78 is 10.2. The largest absolute Gasteiger partial charge is 0.493 e. The molecule has 2 aromatic heterocycles. The highest BCUT2D eigenvalue weighted by Crippen LogP contribution is 2.25. The van der Waals surface area contributed by atoms with Gasteiger partial charge in [0.15, 0.2) is 0 Å². The van der Waals surface area contributed by atoms with Gasteiger partial charge in [-0.25, -0.2) is 4.98 Å². The van der Waals surface area contributed by atoms with E-state index in [1.54, 1.807) is 6.20 Å². The van der Waals surface area contributed by atoms with Gasteiger partial charge in [-0.3, -0.25) is 4.98 Å². The van der Waals surface area contributed by atoms with Gasteiger partial charge in [0, 0.05) is 42.6 Å². The van der Waals surface area contributed by atoms with Gasteiger partial charge in [0.25, 0.3) is 0 Å². The highest BCUT2D eigenvalue weighted by atomic mass is 32.1.